The smallest absolute Gasteiger partial charge is 0.325 e. The molecule has 0 aliphatic rings. The molecule has 1 aromatic rings. The molecule has 0 saturated carbocycles. The first-order valence-corrected chi connectivity index (χ1v) is 3.59. The Morgan fingerprint density at radius 3 is 2.43 bits per heavy atom. The van der Waals surface area contributed by atoms with Crippen molar-refractivity contribution in [2.45, 2.75) is 6.04 Å². The summed E-state index contributed by atoms with van der Waals surface area (Å²) in [7, 11) is 0. The highest BCUT2D eigenvalue weighted by molar-refractivity contribution is 5.76. The molecule has 4 nitrogen and oxygen atoms in total. The number of carbonyl (C=O) groups is 1. The van der Waals surface area contributed by atoms with Crippen LogP contribution in [0, 0.1) is 11.6 Å². The highest BCUT2D eigenvalue weighted by Crippen LogP contribution is 2.26. The molecule has 0 fully saturated rings. The fraction of sp³-hybridized carbons (Fsp3) is 0.125. The average molecular weight is 203 g/mol. The molecule has 0 unspecified atom stereocenters. The molecule has 76 valence electrons. The number of hydrogen-bond donors (Lipinski definition) is 3. The molecule has 0 saturated heterocycles. The second-order valence-electron chi connectivity index (χ2n) is 2.64. The third-order valence-electron chi connectivity index (χ3n) is 1.65. The Hall–Kier alpha value is -1.69. The van der Waals surface area contributed by atoms with Gasteiger partial charge in [0.05, 0.1) is 5.56 Å². The molecule has 1 rings (SSSR count). The van der Waals surface area contributed by atoms with Gasteiger partial charge in [-0.15, -0.1) is 0 Å². The first kappa shape index (κ1) is 10.4. The molecule has 0 aromatic heterocycles. The number of aliphatic carboxylic acids is 1. The van der Waals surface area contributed by atoms with Crippen LogP contribution in [0.3, 0.4) is 0 Å². The van der Waals surface area contributed by atoms with E-state index in [1.165, 1.54) is 0 Å². The Balaban J connectivity index is 3.27. The third kappa shape index (κ3) is 1.80. The minimum Gasteiger partial charge on any atom is -0.507 e. The molecule has 0 heterocycles. The molecular weight excluding hydrogens is 196 g/mol. The lowest BCUT2D eigenvalue weighted by atomic mass is 10.1. The minimum atomic E-state index is -1.71. The van der Waals surface area contributed by atoms with Gasteiger partial charge in [-0.05, 0) is 0 Å². The second kappa shape index (κ2) is 3.59. The van der Waals surface area contributed by atoms with E-state index in [1.807, 2.05) is 0 Å². The summed E-state index contributed by atoms with van der Waals surface area (Å²) in [5.41, 5.74) is 4.44. The van der Waals surface area contributed by atoms with Crippen molar-refractivity contribution >= 4 is 5.97 Å². The molecule has 0 aliphatic heterocycles. The van der Waals surface area contributed by atoms with Crippen LogP contribution in [0.2, 0.25) is 0 Å². The summed E-state index contributed by atoms with van der Waals surface area (Å²) >= 11 is 0. The van der Waals surface area contributed by atoms with Gasteiger partial charge in [0.1, 0.15) is 23.4 Å². The van der Waals surface area contributed by atoms with Crippen molar-refractivity contribution in [3.63, 3.8) is 0 Å². The highest BCUT2D eigenvalue weighted by Gasteiger charge is 2.23. The van der Waals surface area contributed by atoms with Crippen LogP contribution in [0.15, 0.2) is 12.1 Å². The summed E-state index contributed by atoms with van der Waals surface area (Å²) in [5, 5.41) is 17.5. The predicted octanol–water partition coefficient (Wildman–Crippen LogP) is 0.755. The summed E-state index contributed by atoms with van der Waals surface area (Å²) in [6.45, 7) is 0. The monoisotopic (exact) mass is 203 g/mol. The highest BCUT2D eigenvalue weighted by atomic mass is 19.1. The van der Waals surface area contributed by atoms with Crippen molar-refractivity contribution in [1.29, 1.82) is 0 Å². The van der Waals surface area contributed by atoms with E-state index in [9.17, 15) is 13.6 Å². The number of benzene rings is 1. The van der Waals surface area contributed by atoms with E-state index in [0.717, 1.165) is 0 Å². The minimum absolute atomic E-state index is 0.456. The standard InChI is InChI=1S/C8H7F2NO3/c9-3-1-4(10)6(5(12)2-3)7(11)8(13)14/h1-2,7,12H,11H2,(H,13,14)/t7-/m0/s1. The number of halogens is 2. The SMILES string of the molecule is N[C@H](C(=O)O)c1c(O)cc(F)cc1F. The Kier molecular flexibility index (Phi) is 2.66. The molecule has 14 heavy (non-hydrogen) atoms. The van der Waals surface area contributed by atoms with Crippen LogP contribution in [-0.2, 0) is 4.79 Å². The largest absolute Gasteiger partial charge is 0.507 e. The van der Waals surface area contributed by atoms with Crippen molar-refractivity contribution in [3.8, 4) is 5.75 Å². The van der Waals surface area contributed by atoms with E-state index in [-0.39, 0.29) is 0 Å². The van der Waals surface area contributed by atoms with Crippen LogP contribution >= 0.6 is 0 Å². The van der Waals surface area contributed by atoms with E-state index in [1.54, 1.807) is 0 Å². The molecular formula is C8H7F2NO3. The molecule has 0 radical (unpaired) electrons. The van der Waals surface area contributed by atoms with Crippen molar-refractivity contribution in [2.24, 2.45) is 5.73 Å². The number of nitrogens with two attached hydrogens (primary N) is 1. The van der Waals surface area contributed by atoms with Crippen molar-refractivity contribution in [1.82, 2.24) is 0 Å². The quantitative estimate of drug-likeness (QED) is 0.662. The number of hydrogen-bond acceptors (Lipinski definition) is 3. The average Bonchev–Trinajstić information content (AvgIpc) is 2.01. The van der Waals surface area contributed by atoms with Gasteiger partial charge in [0.25, 0.3) is 0 Å². The van der Waals surface area contributed by atoms with E-state index in [2.05, 4.69) is 0 Å². The van der Waals surface area contributed by atoms with Crippen LogP contribution in [0.5, 0.6) is 5.75 Å². The Labute approximate surface area is 77.6 Å². The summed E-state index contributed by atoms with van der Waals surface area (Å²) in [4.78, 5) is 10.4. The maximum absolute atomic E-state index is 13.0. The zero-order valence-corrected chi connectivity index (χ0v) is 6.87. The van der Waals surface area contributed by atoms with Crippen molar-refractivity contribution < 1.29 is 23.8 Å². The van der Waals surface area contributed by atoms with Crippen molar-refractivity contribution in [2.75, 3.05) is 0 Å². The van der Waals surface area contributed by atoms with Crippen molar-refractivity contribution in [3.05, 3.63) is 29.3 Å². The number of phenolic OH excluding ortho intramolecular Hbond substituents is 1. The third-order valence-corrected chi connectivity index (χ3v) is 1.65. The number of carboxylic acids is 1. The van der Waals surface area contributed by atoms with Gasteiger partial charge in [0.2, 0.25) is 0 Å². The topological polar surface area (TPSA) is 83.6 Å². The Morgan fingerprint density at radius 1 is 1.43 bits per heavy atom. The molecule has 1 aromatic carbocycles. The van der Waals surface area contributed by atoms with Gasteiger partial charge in [-0.25, -0.2) is 8.78 Å². The lowest BCUT2D eigenvalue weighted by molar-refractivity contribution is -0.138. The van der Waals surface area contributed by atoms with Crippen LogP contribution in [-0.4, -0.2) is 16.2 Å². The fourth-order valence-electron chi connectivity index (χ4n) is 1.00. The summed E-state index contributed by atoms with van der Waals surface area (Å²) in [6.07, 6.45) is 0. The maximum Gasteiger partial charge on any atom is 0.325 e. The van der Waals surface area contributed by atoms with Crippen LogP contribution in [0.25, 0.3) is 0 Å². The lowest BCUT2D eigenvalue weighted by Gasteiger charge is -2.09. The first-order chi connectivity index (χ1) is 6.43. The maximum atomic E-state index is 13.0. The number of phenols is 1. The normalized spacial score (nSPS) is 12.5. The molecule has 1 atom stereocenters. The van der Waals surface area contributed by atoms with Gasteiger partial charge in [0.15, 0.2) is 0 Å². The molecule has 0 spiro atoms. The molecule has 0 aliphatic carbocycles. The summed E-state index contributed by atoms with van der Waals surface area (Å²) in [6, 6.07) is -0.658. The van der Waals surface area contributed by atoms with E-state index in [4.69, 9.17) is 15.9 Å². The van der Waals surface area contributed by atoms with Gasteiger partial charge in [-0.1, -0.05) is 0 Å². The molecule has 0 bridgehead atoms. The van der Waals surface area contributed by atoms with Gasteiger partial charge < -0.3 is 15.9 Å². The number of carboxylic acid groups (broad SMARTS) is 1. The van der Waals surface area contributed by atoms with Crippen LogP contribution in [0.1, 0.15) is 11.6 Å². The second-order valence-corrected chi connectivity index (χ2v) is 2.64. The summed E-state index contributed by atoms with van der Waals surface area (Å²) in [5.74, 6) is -4.50. The van der Waals surface area contributed by atoms with Crippen LogP contribution < -0.4 is 5.73 Å². The molecule has 6 heteroatoms. The zero-order valence-electron chi connectivity index (χ0n) is 6.87. The van der Waals surface area contributed by atoms with Crippen LogP contribution in [0.4, 0.5) is 8.78 Å². The Bertz CT molecular complexity index is 358. The van der Waals surface area contributed by atoms with E-state index >= 15 is 0 Å². The molecule has 4 N–H and O–H groups in total. The Morgan fingerprint density at radius 2 is 2.00 bits per heavy atom. The van der Waals surface area contributed by atoms with E-state index in [0.29, 0.717) is 12.1 Å². The number of rotatable bonds is 2. The van der Waals surface area contributed by atoms with Gasteiger partial charge in [-0.3, -0.25) is 4.79 Å². The van der Waals surface area contributed by atoms with E-state index < -0.39 is 35.0 Å². The lowest BCUT2D eigenvalue weighted by Crippen LogP contribution is -2.22. The van der Waals surface area contributed by atoms with Gasteiger partial charge in [-0.2, -0.15) is 0 Å². The zero-order chi connectivity index (χ0) is 10.9. The first-order valence-electron chi connectivity index (χ1n) is 3.59. The fourth-order valence-corrected chi connectivity index (χ4v) is 1.00. The number of aromatic hydroxyl groups is 1. The van der Waals surface area contributed by atoms with Gasteiger partial charge >= 0.3 is 5.97 Å². The van der Waals surface area contributed by atoms with Gasteiger partial charge in [0, 0.05) is 12.1 Å². The summed E-state index contributed by atoms with van der Waals surface area (Å²) < 4.78 is 25.5. The predicted molar refractivity (Wildman–Crippen MR) is 42.6 cm³/mol. The molecule has 0 amide bonds.